The molecule has 8 nitrogen and oxygen atoms in total. The van der Waals surface area contributed by atoms with Crippen molar-refractivity contribution >= 4 is 34.2 Å². The Balaban J connectivity index is 1.48. The topological polar surface area (TPSA) is 89.4 Å². The van der Waals surface area contributed by atoms with E-state index in [-0.39, 0.29) is 30.7 Å². The van der Waals surface area contributed by atoms with Crippen molar-refractivity contribution in [2.45, 2.75) is 38.1 Å². The summed E-state index contributed by atoms with van der Waals surface area (Å²) in [6.07, 6.45) is 1.70. The molecule has 0 bridgehead atoms. The number of hydrogen-bond donors (Lipinski definition) is 1. The number of nitrogens with zero attached hydrogens (tertiary/aromatic N) is 4. The largest absolute Gasteiger partial charge is 0.376 e. The fourth-order valence-corrected chi connectivity index (χ4v) is 5.11. The molecule has 1 saturated heterocycles. The predicted molar refractivity (Wildman–Crippen MR) is 134 cm³/mol. The summed E-state index contributed by atoms with van der Waals surface area (Å²) in [5, 5.41) is 13.1. The van der Waals surface area contributed by atoms with Crippen molar-refractivity contribution < 1.29 is 18.7 Å². The number of rotatable bonds is 9. The van der Waals surface area contributed by atoms with E-state index in [1.165, 1.54) is 27.0 Å². The van der Waals surface area contributed by atoms with Crippen LogP contribution in [-0.4, -0.2) is 51.0 Å². The number of hydrogen-bond acceptors (Lipinski definition) is 6. The van der Waals surface area contributed by atoms with Crippen LogP contribution in [0.2, 0.25) is 0 Å². The number of carbonyl (C=O) groups excluding carboxylic acids is 2. The van der Waals surface area contributed by atoms with Gasteiger partial charge >= 0.3 is 0 Å². The predicted octanol–water partition coefficient (Wildman–Crippen LogP) is 3.70. The Bertz CT molecular complexity index is 1340. The van der Waals surface area contributed by atoms with Gasteiger partial charge in [0.1, 0.15) is 23.9 Å². The van der Waals surface area contributed by atoms with E-state index in [0.717, 1.165) is 17.7 Å². The molecule has 2 amide bonds. The Labute approximate surface area is 211 Å². The maximum Gasteiger partial charge on any atom is 0.247 e. The lowest BCUT2D eigenvalue weighted by molar-refractivity contribution is -0.142. The zero-order valence-electron chi connectivity index (χ0n) is 19.5. The Morgan fingerprint density at radius 2 is 2.00 bits per heavy atom. The van der Waals surface area contributed by atoms with Crippen LogP contribution in [0.3, 0.4) is 0 Å². The van der Waals surface area contributed by atoms with Crippen LogP contribution in [0.25, 0.3) is 11.0 Å². The summed E-state index contributed by atoms with van der Waals surface area (Å²) in [5.41, 5.74) is 1.50. The first-order valence-electron chi connectivity index (χ1n) is 11.8. The van der Waals surface area contributed by atoms with Gasteiger partial charge in [-0.2, -0.15) is 0 Å². The average molecular weight is 508 g/mol. The highest BCUT2D eigenvalue weighted by molar-refractivity contribution is 7.09. The van der Waals surface area contributed by atoms with Gasteiger partial charge in [0.05, 0.1) is 18.2 Å². The Kier molecular flexibility index (Phi) is 7.33. The molecule has 4 aromatic rings. The summed E-state index contributed by atoms with van der Waals surface area (Å²) in [7, 11) is 0. The van der Waals surface area contributed by atoms with E-state index < -0.39 is 17.8 Å². The average Bonchev–Trinajstić information content (AvgIpc) is 3.67. The van der Waals surface area contributed by atoms with Crippen LogP contribution in [-0.2, 0) is 27.4 Å². The summed E-state index contributed by atoms with van der Waals surface area (Å²) in [6.45, 7) is 0.968. The van der Waals surface area contributed by atoms with E-state index in [4.69, 9.17) is 4.74 Å². The Hall–Kier alpha value is -3.63. The summed E-state index contributed by atoms with van der Waals surface area (Å²) in [6, 6.07) is 16.0. The minimum Gasteiger partial charge on any atom is -0.376 e. The van der Waals surface area contributed by atoms with Crippen molar-refractivity contribution in [1.29, 1.82) is 0 Å². The van der Waals surface area contributed by atoms with Gasteiger partial charge in [-0.1, -0.05) is 41.6 Å². The number of aromatic nitrogens is 3. The highest BCUT2D eigenvalue weighted by atomic mass is 32.1. The van der Waals surface area contributed by atoms with Crippen LogP contribution >= 0.6 is 11.3 Å². The van der Waals surface area contributed by atoms with Crippen LogP contribution in [0.5, 0.6) is 0 Å². The summed E-state index contributed by atoms with van der Waals surface area (Å²) >= 11 is 1.47. The molecule has 2 aromatic carbocycles. The van der Waals surface area contributed by atoms with Crippen molar-refractivity contribution in [3.63, 3.8) is 0 Å². The van der Waals surface area contributed by atoms with Crippen LogP contribution in [0, 0.1) is 5.82 Å². The van der Waals surface area contributed by atoms with Crippen molar-refractivity contribution in [3.05, 3.63) is 82.3 Å². The van der Waals surface area contributed by atoms with Gasteiger partial charge in [-0.25, -0.2) is 9.07 Å². The van der Waals surface area contributed by atoms with Gasteiger partial charge in [0.25, 0.3) is 0 Å². The van der Waals surface area contributed by atoms with E-state index in [0.29, 0.717) is 24.2 Å². The molecule has 1 fully saturated rings. The molecular weight excluding hydrogens is 481 g/mol. The van der Waals surface area contributed by atoms with Gasteiger partial charge in [-0.15, -0.1) is 16.4 Å². The maximum absolute atomic E-state index is 15.1. The standard InChI is InChI=1S/C26H26FN5O3S/c27-21-10-2-1-9-20(21)25(26(34)28-15-18-7-5-13-35-18)31(16-19-8-6-14-36-19)24(33)17-32-23-12-4-3-11-22(23)29-30-32/h1-4,6,8-12,14,18,25H,5,7,13,15-17H2,(H,28,34)/t18-,25+/m1/s1. The molecule has 1 aliphatic heterocycles. The molecule has 10 heteroatoms. The number of halogens is 1. The van der Waals surface area contributed by atoms with Gasteiger partial charge < -0.3 is 15.0 Å². The molecule has 2 aromatic heterocycles. The molecule has 0 saturated carbocycles. The van der Waals surface area contributed by atoms with Crippen molar-refractivity contribution in [2.75, 3.05) is 13.2 Å². The van der Waals surface area contributed by atoms with Gasteiger partial charge in [0, 0.05) is 23.6 Å². The summed E-state index contributed by atoms with van der Waals surface area (Å²) in [5.74, 6) is -1.38. The van der Waals surface area contributed by atoms with Crippen LogP contribution < -0.4 is 5.32 Å². The van der Waals surface area contributed by atoms with Gasteiger partial charge in [0.15, 0.2) is 0 Å². The fourth-order valence-electron chi connectivity index (χ4n) is 4.41. The molecule has 0 spiro atoms. The normalized spacial score (nSPS) is 16.2. The lowest BCUT2D eigenvalue weighted by Gasteiger charge is -2.31. The van der Waals surface area contributed by atoms with Crippen molar-refractivity contribution in [1.82, 2.24) is 25.2 Å². The number of nitrogens with one attached hydrogen (secondary N) is 1. The monoisotopic (exact) mass is 507 g/mol. The third-order valence-electron chi connectivity index (χ3n) is 6.22. The third-order valence-corrected chi connectivity index (χ3v) is 7.08. The second-order valence-corrected chi connectivity index (χ2v) is 9.67. The zero-order valence-corrected chi connectivity index (χ0v) is 20.4. The first-order valence-corrected chi connectivity index (χ1v) is 12.7. The number of amides is 2. The molecule has 1 aliphatic rings. The Morgan fingerprint density at radius 3 is 2.78 bits per heavy atom. The smallest absolute Gasteiger partial charge is 0.247 e. The first-order chi connectivity index (χ1) is 17.6. The number of ether oxygens (including phenoxy) is 1. The third kappa shape index (κ3) is 5.29. The molecule has 0 radical (unpaired) electrons. The number of carbonyl (C=O) groups is 2. The molecule has 36 heavy (non-hydrogen) atoms. The highest BCUT2D eigenvalue weighted by Crippen LogP contribution is 2.28. The van der Waals surface area contributed by atoms with Crippen molar-refractivity contribution in [3.8, 4) is 0 Å². The summed E-state index contributed by atoms with van der Waals surface area (Å²) < 4.78 is 22.2. The van der Waals surface area contributed by atoms with E-state index in [2.05, 4.69) is 15.6 Å². The van der Waals surface area contributed by atoms with Crippen LogP contribution in [0.1, 0.15) is 29.3 Å². The second kappa shape index (κ2) is 11.0. The molecule has 0 unspecified atom stereocenters. The first kappa shape index (κ1) is 24.1. The quantitative estimate of drug-likeness (QED) is 0.373. The summed E-state index contributed by atoms with van der Waals surface area (Å²) in [4.78, 5) is 29.7. The van der Waals surface area contributed by atoms with E-state index in [1.807, 2.05) is 41.8 Å². The van der Waals surface area contributed by atoms with E-state index in [9.17, 15) is 9.59 Å². The molecular formula is C26H26FN5O3S. The van der Waals surface area contributed by atoms with Gasteiger partial charge in [0.2, 0.25) is 11.8 Å². The van der Waals surface area contributed by atoms with Crippen LogP contribution in [0.15, 0.2) is 66.0 Å². The van der Waals surface area contributed by atoms with Gasteiger partial charge in [-0.3, -0.25) is 9.59 Å². The second-order valence-electron chi connectivity index (χ2n) is 8.64. The number of benzene rings is 2. The lowest BCUT2D eigenvalue weighted by atomic mass is 10.0. The molecule has 5 rings (SSSR count). The van der Waals surface area contributed by atoms with Crippen LogP contribution in [0.4, 0.5) is 4.39 Å². The van der Waals surface area contributed by atoms with E-state index >= 15 is 4.39 Å². The number of thiophene rings is 1. The minimum atomic E-state index is -1.17. The molecule has 186 valence electrons. The maximum atomic E-state index is 15.1. The molecule has 2 atom stereocenters. The Morgan fingerprint density at radius 1 is 1.17 bits per heavy atom. The molecule has 1 N–H and O–H groups in total. The van der Waals surface area contributed by atoms with Gasteiger partial charge in [-0.05, 0) is 42.5 Å². The fraction of sp³-hybridized carbons (Fsp3) is 0.308. The number of fused-ring (bicyclic) bond motifs is 1. The molecule has 3 heterocycles. The highest BCUT2D eigenvalue weighted by Gasteiger charge is 2.34. The van der Waals surface area contributed by atoms with E-state index in [1.54, 1.807) is 18.2 Å². The SMILES string of the molecule is O=C(NC[C@H]1CCCO1)[C@H](c1ccccc1F)N(Cc1cccs1)C(=O)Cn1nnc2ccccc21. The minimum absolute atomic E-state index is 0.0850. The lowest BCUT2D eigenvalue weighted by Crippen LogP contribution is -2.46. The molecule has 0 aliphatic carbocycles. The van der Waals surface area contributed by atoms with Crippen molar-refractivity contribution in [2.24, 2.45) is 0 Å². The zero-order chi connectivity index (χ0) is 24.9. The number of para-hydroxylation sites is 1.